The Kier molecular flexibility index (Phi) is 2.45. The van der Waals surface area contributed by atoms with Crippen LogP contribution in [-0.2, 0) is 11.3 Å². The van der Waals surface area contributed by atoms with Gasteiger partial charge in [-0.1, -0.05) is 6.07 Å². The van der Waals surface area contributed by atoms with Gasteiger partial charge in [-0.3, -0.25) is 0 Å². The smallest absolute Gasteiger partial charge is 0.149 e. The summed E-state index contributed by atoms with van der Waals surface area (Å²) in [4.78, 5) is 4.10. The Morgan fingerprint density at radius 3 is 3.14 bits per heavy atom. The number of para-hydroxylation sites is 1. The van der Waals surface area contributed by atoms with Gasteiger partial charge in [0.15, 0.2) is 0 Å². The molecule has 4 heteroatoms. The van der Waals surface area contributed by atoms with Crippen molar-refractivity contribution in [3.8, 4) is 0 Å². The van der Waals surface area contributed by atoms with Crippen LogP contribution in [0.1, 0.15) is 0 Å². The number of benzene rings is 1. The molecule has 2 aromatic rings. The molecule has 0 aliphatic carbocycles. The van der Waals surface area contributed by atoms with E-state index in [1.54, 1.807) is 30.1 Å². The monoisotopic (exact) mass is 194 g/mol. The van der Waals surface area contributed by atoms with E-state index in [-0.39, 0.29) is 5.82 Å². The van der Waals surface area contributed by atoms with Gasteiger partial charge in [-0.2, -0.15) is 0 Å². The van der Waals surface area contributed by atoms with Gasteiger partial charge in [0.05, 0.1) is 18.5 Å². The zero-order valence-electron chi connectivity index (χ0n) is 7.90. The number of rotatable bonds is 3. The summed E-state index contributed by atoms with van der Waals surface area (Å²) < 4.78 is 20.1. The van der Waals surface area contributed by atoms with E-state index in [1.807, 2.05) is 0 Å². The molecule has 0 saturated heterocycles. The Hall–Kier alpha value is -1.42. The van der Waals surface area contributed by atoms with Gasteiger partial charge in [-0.15, -0.1) is 0 Å². The maximum absolute atomic E-state index is 13.4. The minimum Gasteiger partial charge on any atom is -0.383 e. The van der Waals surface area contributed by atoms with Crippen molar-refractivity contribution >= 4 is 11.0 Å². The third-order valence-electron chi connectivity index (χ3n) is 2.13. The van der Waals surface area contributed by atoms with Crippen LogP contribution in [0.3, 0.4) is 0 Å². The average molecular weight is 194 g/mol. The quantitative estimate of drug-likeness (QED) is 0.745. The molecule has 0 radical (unpaired) electrons. The number of halogens is 1. The van der Waals surface area contributed by atoms with Gasteiger partial charge in [0, 0.05) is 13.7 Å². The Bertz CT molecular complexity index is 439. The molecule has 0 unspecified atom stereocenters. The topological polar surface area (TPSA) is 27.1 Å². The first-order chi connectivity index (χ1) is 6.83. The van der Waals surface area contributed by atoms with Crippen molar-refractivity contribution in [2.24, 2.45) is 0 Å². The summed E-state index contributed by atoms with van der Waals surface area (Å²) in [6.07, 6.45) is 1.63. The fourth-order valence-electron chi connectivity index (χ4n) is 1.44. The summed E-state index contributed by atoms with van der Waals surface area (Å²) in [6.45, 7) is 1.17. The predicted octanol–water partition coefficient (Wildman–Crippen LogP) is 1.82. The fraction of sp³-hybridized carbons (Fsp3) is 0.300. The van der Waals surface area contributed by atoms with Crippen LogP contribution in [0.5, 0.6) is 0 Å². The fourth-order valence-corrected chi connectivity index (χ4v) is 1.44. The van der Waals surface area contributed by atoms with Crippen molar-refractivity contribution in [1.82, 2.24) is 9.55 Å². The molecule has 0 bridgehead atoms. The van der Waals surface area contributed by atoms with E-state index in [0.717, 1.165) is 0 Å². The molecule has 0 amide bonds. The summed E-state index contributed by atoms with van der Waals surface area (Å²) >= 11 is 0. The van der Waals surface area contributed by atoms with Crippen LogP contribution in [0.4, 0.5) is 4.39 Å². The van der Waals surface area contributed by atoms with Crippen molar-refractivity contribution in [1.29, 1.82) is 0 Å². The van der Waals surface area contributed by atoms with E-state index in [4.69, 9.17) is 4.74 Å². The Morgan fingerprint density at radius 2 is 2.36 bits per heavy atom. The molecule has 74 valence electrons. The predicted molar refractivity (Wildman–Crippen MR) is 51.6 cm³/mol. The van der Waals surface area contributed by atoms with E-state index < -0.39 is 0 Å². The highest BCUT2D eigenvalue weighted by Gasteiger charge is 2.06. The Morgan fingerprint density at radius 1 is 1.50 bits per heavy atom. The standard InChI is InChI=1S/C10H11FN2O/c1-14-6-5-13-7-12-9-4-2-3-8(11)10(9)13/h2-4,7H,5-6H2,1H3. The normalized spacial score (nSPS) is 11.0. The highest BCUT2D eigenvalue weighted by Crippen LogP contribution is 2.15. The summed E-state index contributed by atoms with van der Waals surface area (Å²) in [6, 6.07) is 4.89. The lowest BCUT2D eigenvalue weighted by atomic mass is 10.3. The van der Waals surface area contributed by atoms with Crippen LogP contribution in [-0.4, -0.2) is 23.3 Å². The molecule has 0 saturated carbocycles. The molecule has 0 N–H and O–H groups in total. The van der Waals surface area contributed by atoms with Crippen LogP contribution in [0.15, 0.2) is 24.5 Å². The maximum Gasteiger partial charge on any atom is 0.149 e. The molecule has 0 spiro atoms. The van der Waals surface area contributed by atoms with E-state index in [1.165, 1.54) is 6.07 Å². The highest BCUT2D eigenvalue weighted by molar-refractivity contribution is 5.75. The number of nitrogens with zero attached hydrogens (tertiary/aromatic N) is 2. The van der Waals surface area contributed by atoms with Crippen molar-refractivity contribution in [3.63, 3.8) is 0 Å². The largest absolute Gasteiger partial charge is 0.383 e. The molecule has 1 aromatic carbocycles. The van der Waals surface area contributed by atoms with Crippen molar-refractivity contribution < 1.29 is 9.13 Å². The van der Waals surface area contributed by atoms with E-state index in [2.05, 4.69) is 4.98 Å². The van der Waals surface area contributed by atoms with Gasteiger partial charge >= 0.3 is 0 Å². The molecule has 14 heavy (non-hydrogen) atoms. The highest BCUT2D eigenvalue weighted by atomic mass is 19.1. The lowest BCUT2D eigenvalue weighted by Gasteiger charge is -2.03. The third kappa shape index (κ3) is 1.48. The van der Waals surface area contributed by atoms with Crippen LogP contribution in [0.2, 0.25) is 0 Å². The minimum absolute atomic E-state index is 0.240. The molecule has 0 fully saturated rings. The van der Waals surface area contributed by atoms with Crippen molar-refractivity contribution in [3.05, 3.63) is 30.3 Å². The maximum atomic E-state index is 13.4. The molecule has 0 atom stereocenters. The lowest BCUT2D eigenvalue weighted by Crippen LogP contribution is -2.03. The summed E-state index contributed by atoms with van der Waals surface area (Å²) in [7, 11) is 1.62. The molecular formula is C10H11FN2O. The number of aromatic nitrogens is 2. The lowest BCUT2D eigenvalue weighted by molar-refractivity contribution is 0.188. The number of imidazole rings is 1. The third-order valence-corrected chi connectivity index (χ3v) is 2.13. The van der Waals surface area contributed by atoms with Gasteiger partial charge in [-0.05, 0) is 12.1 Å². The number of hydrogen-bond donors (Lipinski definition) is 0. The number of hydrogen-bond acceptors (Lipinski definition) is 2. The summed E-state index contributed by atoms with van der Waals surface area (Å²) in [5.74, 6) is -0.240. The van der Waals surface area contributed by atoms with E-state index in [0.29, 0.717) is 24.2 Å². The minimum atomic E-state index is -0.240. The van der Waals surface area contributed by atoms with Gasteiger partial charge in [0.2, 0.25) is 0 Å². The SMILES string of the molecule is COCCn1cnc2cccc(F)c21. The average Bonchev–Trinajstić information content (AvgIpc) is 2.59. The van der Waals surface area contributed by atoms with Gasteiger partial charge in [0.1, 0.15) is 11.3 Å². The molecule has 2 rings (SSSR count). The van der Waals surface area contributed by atoms with Crippen LogP contribution < -0.4 is 0 Å². The summed E-state index contributed by atoms with van der Waals surface area (Å²) in [5, 5.41) is 0. The second kappa shape index (κ2) is 3.75. The first-order valence-corrected chi connectivity index (χ1v) is 4.41. The van der Waals surface area contributed by atoms with Crippen LogP contribution in [0, 0.1) is 5.82 Å². The molecule has 0 aliphatic heterocycles. The first-order valence-electron chi connectivity index (χ1n) is 4.41. The number of fused-ring (bicyclic) bond motifs is 1. The molecule has 1 aromatic heterocycles. The van der Waals surface area contributed by atoms with Crippen LogP contribution in [0.25, 0.3) is 11.0 Å². The van der Waals surface area contributed by atoms with E-state index in [9.17, 15) is 4.39 Å². The molecule has 1 heterocycles. The molecule has 3 nitrogen and oxygen atoms in total. The second-order valence-corrected chi connectivity index (χ2v) is 3.04. The van der Waals surface area contributed by atoms with Crippen molar-refractivity contribution in [2.45, 2.75) is 6.54 Å². The molecular weight excluding hydrogens is 183 g/mol. The Labute approximate surface area is 81.1 Å². The number of ether oxygens (including phenoxy) is 1. The zero-order chi connectivity index (χ0) is 9.97. The van der Waals surface area contributed by atoms with Crippen LogP contribution >= 0.6 is 0 Å². The van der Waals surface area contributed by atoms with E-state index >= 15 is 0 Å². The number of methoxy groups -OCH3 is 1. The molecule has 0 aliphatic rings. The second-order valence-electron chi connectivity index (χ2n) is 3.04. The van der Waals surface area contributed by atoms with Gasteiger partial charge in [0.25, 0.3) is 0 Å². The zero-order valence-corrected chi connectivity index (χ0v) is 7.90. The Balaban J connectivity index is 2.45. The van der Waals surface area contributed by atoms with Gasteiger partial charge in [-0.25, -0.2) is 9.37 Å². The first kappa shape index (κ1) is 9.15. The van der Waals surface area contributed by atoms with Crippen molar-refractivity contribution in [2.75, 3.05) is 13.7 Å². The van der Waals surface area contributed by atoms with Gasteiger partial charge < -0.3 is 9.30 Å². The summed E-state index contributed by atoms with van der Waals surface area (Å²) in [5.41, 5.74) is 1.23.